The zero-order valence-electron chi connectivity index (χ0n) is 13.0. The highest BCUT2D eigenvalue weighted by atomic mass is 31.2. The Bertz CT molecular complexity index is 598. The van der Waals surface area contributed by atoms with Gasteiger partial charge in [0, 0.05) is 10.6 Å². The third kappa shape index (κ3) is 3.19. The quantitative estimate of drug-likeness (QED) is 0.714. The Hall–Kier alpha value is -1.59. The topological polar surface area (TPSA) is 17.1 Å². The van der Waals surface area contributed by atoms with Gasteiger partial charge in [0.05, 0.1) is 0 Å². The van der Waals surface area contributed by atoms with Crippen molar-refractivity contribution in [3.05, 3.63) is 72.1 Å². The third-order valence-corrected chi connectivity index (χ3v) is 7.08. The minimum Gasteiger partial charge on any atom is -0.309 e. The Morgan fingerprint density at radius 2 is 1.38 bits per heavy atom. The van der Waals surface area contributed by atoms with Crippen molar-refractivity contribution >= 4 is 17.8 Å². The fraction of sp³-hybridized carbons (Fsp3) is 0.263. The van der Waals surface area contributed by atoms with Crippen LogP contribution in [0.2, 0.25) is 0 Å². The summed E-state index contributed by atoms with van der Waals surface area (Å²) in [5, 5.41) is 2.90. The van der Waals surface area contributed by atoms with Gasteiger partial charge < -0.3 is 4.57 Å². The Morgan fingerprint density at radius 3 is 1.71 bits per heavy atom. The van der Waals surface area contributed by atoms with Crippen LogP contribution < -0.4 is 10.6 Å². The van der Waals surface area contributed by atoms with E-state index >= 15 is 0 Å². The van der Waals surface area contributed by atoms with E-state index in [0.717, 1.165) is 22.3 Å². The predicted molar refractivity (Wildman–Crippen MR) is 93.0 cm³/mol. The molecule has 0 amide bonds. The van der Waals surface area contributed by atoms with Crippen molar-refractivity contribution in [2.24, 2.45) is 5.92 Å². The molecule has 0 saturated heterocycles. The zero-order valence-corrected chi connectivity index (χ0v) is 13.9. The van der Waals surface area contributed by atoms with Gasteiger partial charge in [-0.25, -0.2) is 0 Å². The second-order valence-electron chi connectivity index (χ2n) is 5.47. The lowest BCUT2D eigenvalue weighted by Crippen LogP contribution is -2.19. The van der Waals surface area contributed by atoms with Gasteiger partial charge in [0.1, 0.15) is 0 Å². The van der Waals surface area contributed by atoms with E-state index in [1.807, 2.05) is 60.7 Å². The van der Waals surface area contributed by atoms with E-state index in [0.29, 0.717) is 0 Å². The summed E-state index contributed by atoms with van der Waals surface area (Å²) in [6.07, 6.45) is 3.04. The van der Waals surface area contributed by atoms with Crippen LogP contribution in [0.25, 0.3) is 0 Å². The molecule has 0 aliphatic rings. The Balaban J connectivity index is 2.72. The van der Waals surface area contributed by atoms with Crippen LogP contribution in [0.15, 0.2) is 72.1 Å². The first-order valence-corrected chi connectivity index (χ1v) is 9.23. The number of hydrogen-bond donors (Lipinski definition) is 0. The van der Waals surface area contributed by atoms with E-state index in [9.17, 15) is 4.57 Å². The molecule has 0 radical (unpaired) electrons. The number of allylic oxidation sites excluding steroid dienone is 2. The van der Waals surface area contributed by atoms with Gasteiger partial charge >= 0.3 is 0 Å². The molecule has 2 aromatic carbocycles. The average molecular weight is 298 g/mol. The molecule has 2 rings (SSSR count). The summed E-state index contributed by atoms with van der Waals surface area (Å²) < 4.78 is 14.1. The van der Waals surface area contributed by atoms with Crippen LogP contribution in [0.1, 0.15) is 27.2 Å². The lowest BCUT2D eigenvalue weighted by Gasteiger charge is -2.25. The van der Waals surface area contributed by atoms with Gasteiger partial charge in [0.25, 0.3) is 0 Å². The highest BCUT2D eigenvalue weighted by molar-refractivity contribution is 7.82. The van der Waals surface area contributed by atoms with Gasteiger partial charge in [-0.3, -0.25) is 0 Å². The summed E-state index contributed by atoms with van der Waals surface area (Å²) in [6.45, 7) is 6.35. The van der Waals surface area contributed by atoms with Gasteiger partial charge in [0.2, 0.25) is 0 Å². The molecule has 21 heavy (non-hydrogen) atoms. The summed E-state index contributed by atoms with van der Waals surface area (Å²) in [5.41, 5.74) is 0. The van der Waals surface area contributed by atoms with Crippen molar-refractivity contribution in [3.8, 4) is 0 Å². The second kappa shape index (κ2) is 6.91. The maximum absolute atomic E-state index is 14.1. The van der Waals surface area contributed by atoms with E-state index in [2.05, 4.69) is 26.8 Å². The molecule has 2 heteroatoms. The molecule has 0 heterocycles. The van der Waals surface area contributed by atoms with Crippen LogP contribution in [0.5, 0.6) is 0 Å². The predicted octanol–water partition coefficient (Wildman–Crippen LogP) is 4.95. The smallest absolute Gasteiger partial charge is 0.167 e. The zero-order chi connectivity index (χ0) is 15.3. The summed E-state index contributed by atoms with van der Waals surface area (Å²) in [6, 6.07) is 19.8. The molecule has 0 bridgehead atoms. The van der Waals surface area contributed by atoms with E-state index < -0.39 is 7.14 Å². The minimum absolute atomic E-state index is 0.260. The Morgan fingerprint density at radius 1 is 0.952 bits per heavy atom. The first-order valence-electron chi connectivity index (χ1n) is 7.52. The van der Waals surface area contributed by atoms with Gasteiger partial charge in [0.15, 0.2) is 7.14 Å². The largest absolute Gasteiger partial charge is 0.309 e. The van der Waals surface area contributed by atoms with Gasteiger partial charge in [-0.15, -0.1) is 0 Å². The van der Waals surface area contributed by atoms with Gasteiger partial charge in [-0.1, -0.05) is 87.5 Å². The molecule has 0 fully saturated rings. The average Bonchev–Trinajstić information content (AvgIpc) is 2.53. The SMILES string of the molecule is CC/C=C(\C(C)C)P(=O)(c1ccccc1)c1ccccc1. The van der Waals surface area contributed by atoms with Crippen molar-refractivity contribution in [2.45, 2.75) is 27.2 Å². The molecule has 0 aromatic heterocycles. The van der Waals surface area contributed by atoms with E-state index in [4.69, 9.17) is 0 Å². The molecule has 0 aliphatic carbocycles. The first-order chi connectivity index (χ1) is 10.1. The lowest BCUT2D eigenvalue weighted by atomic mass is 10.2. The van der Waals surface area contributed by atoms with E-state index in [-0.39, 0.29) is 5.92 Å². The molecule has 1 nitrogen and oxygen atoms in total. The van der Waals surface area contributed by atoms with Crippen LogP contribution in [0.4, 0.5) is 0 Å². The fourth-order valence-electron chi connectivity index (χ4n) is 2.66. The second-order valence-corrected chi connectivity index (χ2v) is 8.24. The molecule has 0 atom stereocenters. The standard InChI is InChI=1S/C19H23OP/c1-4-11-19(16(2)3)21(20,17-12-7-5-8-13-17)18-14-9-6-10-15-18/h5-16H,4H2,1-3H3/b19-11+. The minimum atomic E-state index is -2.75. The summed E-state index contributed by atoms with van der Waals surface area (Å²) in [7, 11) is -2.75. The first kappa shape index (κ1) is 15.8. The molecular weight excluding hydrogens is 275 g/mol. The summed E-state index contributed by atoms with van der Waals surface area (Å²) in [4.78, 5) is 0. The van der Waals surface area contributed by atoms with Crippen LogP contribution in [0, 0.1) is 5.92 Å². The fourth-order valence-corrected chi connectivity index (χ4v) is 5.91. The molecule has 110 valence electrons. The maximum atomic E-state index is 14.1. The van der Waals surface area contributed by atoms with Gasteiger partial charge in [-0.2, -0.15) is 0 Å². The normalized spacial score (nSPS) is 12.7. The van der Waals surface area contributed by atoms with Crippen LogP contribution in [-0.4, -0.2) is 0 Å². The Labute approximate surface area is 128 Å². The lowest BCUT2D eigenvalue weighted by molar-refractivity contribution is 0.586. The van der Waals surface area contributed by atoms with Crippen molar-refractivity contribution in [1.82, 2.24) is 0 Å². The van der Waals surface area contributed by atoms with E-state index in [1.54, 1.807) is 0 Å². The van der Waals surface area contributed by atoms with E-state index in [1.165, 1.54) is 0 Å². The highest BCUT2D eigenvalue weighted by Gasteiger charge is 2.32. The van der Waals surface area contributed by atoms with Crippen molar-refractivity contribution in [2.75, 3.05) is 0 Å². The summed E-state index contributed by atoms with van der Waals surface area (Å²) >= 11 is 0. The molecule has 0 saturated carbocycles. The molecular formula is C19H23OP. The monoisotopic (exact) mass is 298 g/mol. The van der Waals surface area contributed by atoms with Crippen LogP contribution >= 0.6 is 7.14 Å². The molecule has 2 aromatic rings. The van der Waals surface area contributed by atoms with Gasteiger partial charge in [-0.05, 0) is 17.7 Å². The maximum Gasteiger partial charge on any atom is 0.167 e. The van der Waals surface area contributed by atoms with Crippen molar-refractivity contribution in [3.63, 3.8) is 0 Å². The number of hydrogen-bond acceptors (Lipinski definition) is 1. The molecule has 0 spiro atoms. The van der Waals surface area contributed by atoms with Crippen molar-refractivity contribution < 1.29 is 4.57 Å². The van der Waals surface area contributed by atoms with Crippen LogP contribution in [-0.2, 0) is 4.57 Å². The number of benzene rings is 2. The molecule has 0 N–H and O–H groups in total. The Kier molecular flexibility index (Phi) is 5.20. The summed E-state index contributed by atoms with van der Waals surface area (Å²) in [5.74, 6) is 0.260. The van der Waals surface area contributed by atoms with Crippen LogP contribution in [0.3, 0.4) is 0 Å². The van der Waals surface area contributed by atoms with Crippen molar-refractivity contribution in [1.29, 1.82) is 0 Å². The molecule has 0 aliphatic heterocycles. The third-order valence-electron chi connectivity index (χ3n) is 3.61. The number of rotatable bonds is 5. The highest BCUT2D eigenvalue weighted by Crippen LogP contribution is 2.54. The molecule has 0 unspecified atom stereocenters.